The Kier molecular flexibility index (Phi) is 6.10. The Bertz CT molecular complexity index is 925. The van der Waals surface area contributed by atoms with Crippen molar-refractivity contribution in [3.8, 4) is 22.4 Å². The van der Waals surface area contributed by atoms with Crippen LogP contribution in [0.5, 0.6) is 0 Å². The van der Waals surface area contributed by atoms with Crippen LogP contribution in [-0.4, -0.2) is 40.2 Å². The van der Waals surface area contributed by atoms with Crippen LogP contribution >= 0.6 is 11.6 Å². The summed E-state index contributed by atoms with van der Waals surface area (Å²) in [6.07, 6.45) is 5.51. The molecule has 9 heteroatoms. The molecule has 3 N–H and O–H groups in total. The molecule has 0 amide bonds. The molecule has 0 aliphatic rings. The third kappa shape index (κ3) is 4.47. The van der Waals surface area contributed by atoms with Crippen molar-refractivity contribution >= 4 is 23.4 Å². The van der Waals surface area contributed by atoms with E-state index in [9.17, 15) is 4.39 Å². The number of ether oxygens (including phenoxy) is 1. The fourth-order valence-electron chi connectivity index (χ4n) is 2.58. The van der Waals surface area contributed by atoms with Gasteiger partial charge in [0.25, 0.3) is 0 Å². The number of hydrogen-bond acceptors (Lipinski definition) is 7. The molecule has 0 aliphatic carbocycles. The van der Waals surface area contributed by atoms with Gasteiger partial charge in [-0.05, 0) is 24.6 Å². The maximum atomic E-state index is 13.6. The molecule has 0 saturated heterocycles. The molecule has 2 heterocycles. The van der Waals surface area contributed by atoms with Crippen molar-refractivity contribution in [2.45, 2.75) is 6.42 Å². The van der Waals surface area contributed by atoms with Crippen LogP contribution in [0, 0.1) is 5.82 Å². The minimum atomic E-state index is -0.509. The van der Waals surface area contributed by atoms with Gasteiger partial charge in [-0.15, -0.1) is 0 Å². The summed E-state index contributed by atoms with van der Waals surface area (Å²) in [6.45, 7) is 1.23. The van der Waals surface area contributed by atoms with Crippen LogP contribution in [0.3, 0.4) is 0 Å². The van der Waals surface area contributed by atoms with E-state index in [0.717, 1.165) is 6.42 Å². The van der Waals surface area contributed by atoms with Crippen molar-refractivity contribution in [2.75, 3.05) is 31.3 Å². The van der Waals surface area contributed by atoms with E-state index in [4.69, 9.17) is 22.1 Å². The minimum absolute atomic E-state index is 0.00505. The van der Waals surface area contributed by atoms with E-state index >= 15 is 0 Å². The summed E-state index contributed by atoms with van der Waals surface area (Å²) in [5.41, 5.74) is 8.38. The molecule has 2 aromatic heterocycles. The lowest BCUT2D eigenvalue weighted by Gasteiger charge is -2.16. The molecular weight excluding hydrogens is 371 g/mol. The molecule has 7 nitrogen and oxygen atoms in total. The Balaban J connectivity index is 2.13. The first-order chi connectivity index (χ1) is 13.1. The van der Waals surface area contributed by atoms with Crippen molar-refractivity contribution in [1.29, 1.82) is 0 Å². The van der Waals surface area contributed by atoms with Gasteiger partial charge in [0.2, 0.25) is 5.95 Å². The normalized spacial score (nSPS) is 10.8. The molecule has 3 aromatic rings. The molecule has 1 aromatic carbocycles. The zero-order chi connectivity index (χ0) is 19.2. The third-order valence-corrected chi connectivity index (χ3v) is 4.08. The summed E-state index contributed by atoms with van der Waals surface area (Å²) in [7, 11) is 1.64. The van der Waals surface area contributed by atoms with Crippen LogP contribution in [0.25, 0.3) is 22.4 Å². The smallest absolute Gasteiger partial charge is 0.222 e. The van der Waals surface area contributed by atoms with Gasteiger partial charge < -0.3 is 15.8 Å². The summed E-state index contributed by atoms with van der Waals surface area (Å²) < 4.78 is 18.7. The van der Waals surface area contributed by atoms with Gasteiger partial charge in [-0.3, -0.25) is 0 Å². The topological polar surface area (TPSA) is 98.8 Å². The molecule has 0 fully saturated rings. The fraction of sp³-hybridized carbons (Fsp3) is 0.222. The molecule has 27 heavy (non-hydrogen) atoms. The van der Waals surface area contributed by atoms with E-state index < -0.39 is 5.82 Å². The zero-order valence-electron chi connectivity index (χ0n) is 14.6. The number of nitrogens with two attached hydrogens (primary N) is 1. The lowest BCUT2D eigenvalue weighted by Crippen LogP contribution is -2.10. The minimum Gasteiger partial charge on any atom is -0.385 e. The standard InChI is InChI=1S/C18H18ClFN6O/c1-27-6-2-5-24-17-15(12-8-22-10-23-9-12)16(25-18(21)26-17)11-3-4-14(20)13(19)7-11/h3-4,7-10H,2,5-6H2,1H3,(H3,21,24,25,26). The molecule has 0 spiro atoms. The van der Waals surface area contributed by atoms with E-state index in [0.29, 0.717) is 41.4 Å². The predicted molar refractivity (Wildman–Crippen MR) is 103 cm³/mol. The summed E-state index contributed by atoms with van der Waals surface area (Å²) in [4.78, 5) is 16.8. The van der Waals surface area contributed by atoms with Gasteiger partial charge in [0, 0.05) is 43.8 Å². The maximum absolute atomic E-state index is 13.6. The second-order valence-electron chi connectivity index (χ2n) is 5.68. The van der Waals surface area contributed by atoms with Gasteiger partial charge in [0.05, 0.1) is 16.3 Å². The number of rotatable bonds is 7. The number of anilines is 2. The predicted octanol–water partition coefficient (Wildman–Crippen LogP) is 3.42. The monoisotopic (exact) mass is 388 g/mol. The summed E-state index contributed by atoms with van der Waals surface area (Å²) in [5.74, 6) is 0.106. The SMILES string of the molecule is COCCCNc1nc(N)nc(-c2ccc(F)c(Cl)c2)c1-c1cncnc1. The molecule has 0 aliphatic heterocycles. The number of aromatic nitrogens is 4. The van der Waals surface area contributed by atoms with Crippen LogP contribution < -0.4 is 11.1 Å². The lowest BCUT2D eigenvalue weighted by atomic mass is 10.0. The maximum Gasteiger partial charge on any atom is 0.222 e. The molecule has 0 radical (unpaired) electrons. The second kappa shape index (κ2) is 8.70. The van der Waals surface area contributed by atoms with Crippen LogP contribution in [0.4, 0.5) is 16.2 Å². The molecule has 0 atom stereocenters. The Morgan fingerprint density at radius 3 is 2.67 bits per heavy atom. The van der Waals surface area contributed by atoms with Crippen LogP contribution in [0.15, 0.2) is 36.9 Å². The van der Waals surface area contributed by atoms with Crippen molar-refractivity contribution in [1.82, 2.24) is 19.9 Å². The van der Waals surface area contributed by atoms with Gasteiger partial charge in [-0.2, -0.15) is 4.98 Å². The first kappa shape index (κ1) is 18.9. The third-order valence-electron chi connectivity index (χ3n) is 3.79. The Morgan fingerprint density at radius 2 is 1.96 bits per heavy atom. The number of nitrogen functional groups attached to an aromatic ring is 1. The summed E-state index contributed by atoms with van der Waals surface area (Å²) in [6, 6.07) is 4.37. The Morgan fingerprint density at radius 1 is 1.19 bits per heavy atom. The average molecular weight is 389 g/mol. The van der Waals surface area contributed by atoms with Crippen LogP contribution in [-0.2, 0) is 4.74 Å². The van der Waals surface area contributed by atoms with Crippen molar-refractivity contribution in [3.63, 3.8) is 0 Å². The lowest BCUT2D eigenvalue weighted by molar-refractivity contribution is 0.198. The van der Waals surface area contributed by atoms with E-state index in [1.165, 1.54) is 18.5 Å². The number of nitrogens with one attached hydrogen (secondary N) is 1. The highest BCUT2D eigenvalue weighted by atomic mass is 35.5. The highest BCUT2D eigenvalue weighted by Crippen LogP contribution is 2.36. The van der Waals surface area contributed by atoms with Gasteiger partial charge >= 0.3 is 0 Å². The quantitative estimate of drug-likeness (QED) is 0.598. The molecule has 0 unspecified atom stereocenters. The first-order valence-corrected chi connectivity index (χ1v) is 8.59. The number of methoxy groups -OCH3 is 1. The number of hydrogen-bond donors (Lipinski definition) is 2. The van der Waals surface area contributed by atoms with Crippen molar-refractivity contribution in [2.24, 2.45) is 0 Å². The average Bonchev–Trinajstić information content (AvgIpc) is 2.67. The molecule has 0 saturated carbocycles. The summed E-state index contributed by atoms with van der Waals surface area (Å²) in [5, 5.41) is 3.24. The van der Waals surface area contributed by atoms with Gasteiger partial charge in [-0.25, -0.2) is 19.3 Å². The van der Waals surface area contributed by atoms with Gasteiger partial charge in [0.15, 0.2) is 0 Å². The van der Waals surface area contributed by atoms with Gasteiger partial charge in [0.1, 0.15) is 18.0 Å². The molecular formula is C18H18ClFN6O. The Labute approximate surface area is 160 Å². The first-order valence-electron chi connectivity index (χ1n) is 8.21. The molecule has 3 rings (SSSR count). The second-order valence-corrected chi connectivity index (χ2v) is 6.09. The largest absolute Gasteiger partial charge is 0.385 e. The summed E-state index contributed by atoms with van der Waals surface area (Å²) >= 11 is 5.96. The Hall–Kier alpha value is -2.84. The molecule has 0 bridgehead atoms. The van der Waals surface area contributed by atoms with E-state index in [1.807, 2.05) is 0 Å². The van der Waals surface area contributed by atoms with Crippen LogP contribution in [0.2, 0.25) is 5.02 Å². The van der Waals surface area contributed by atoms with E-state index in [-0.39, 0.29) is 11.0 Å². The van der Waals surface area contributed by atoms with Gasteiger partial charge in [-0.1, -0.05) is 11.6 Å². The number of nitrogens with zero attached hydrogens (tertiary/aromatic N) is 4. The van der Waals surface area contributed by atoms with E-state index in [2.05, 4.69) is 25.3 Å². The van der Waals surface area contributed by atoms with Crippen molar-refractivity contribution in [3.05, 3.63) is 47.8 Å². The van der Waals surface area contributed by atoms with Crippen LogP contribution in [0.1, 0.15) is 6.42 Å². The number of benzene rings is 1. The highest BCUT2D eigenvalue weighted by molar-refractivity contribution is 6.31. The highest BCUT2D eigenvalue weighted by Gasteiger charge is 2.18. The van der Waals surface area contributed by atoms with Crippen molar-refractivity contribution < 1.29 is 9.13 Å². The van der Waals surface area contributed by atoms with E-state index in [1.54, 1.807) is 25.6 Å². The fourth-order valence-corrected chi connectivity index (χ4v) is 2.76. The number of halogens is 2. The zero-order valence-corrected chi connectivity index (χ0v) is 15.4. The molecule has 140 valence electrons.